The van der Waals surface area contributed by atoms with Crippen LogP contribution in [0.4, 0.5) is 4.39 Å². The predicted octanol–water partition coefficient (Wildman–Crippen LogP) is 7.22. The van der Waals surface area contributed by atoms with Gasteiger partial charge in [0.1, 0.15) is 35.8 Å². The van der Waals surface area contributed by atoms with Crippen molar-refractivity contribution in [2.45, 2.75) is 50.3 Å². The van der Waals surface area contributed by atoms with Crippen molar-refractivity contribution in [2.24, 2.45) is 0 Å². The van der Waals surface area contributed by atoms with E-state index in [1.165, 1.54) is 24.3 Å². The zero-order chi connectivity index (χ0) is 31.5. The second-order valence-electron chi connectivity index (χ2n) is 11.7. The molecule has 230 valence electrons. The number of rotatable bonds is 12. The maximum atomic E-state index is 14.9. The molecule has 0 amide bonds. The molecule has 1 atom stereocenters. The van der Waals surface area contributed by atoms with Gasteiger partial charge in [-0.25, -0.2) is 17.8 Å². The summed E-state index contributed by atoms with van der Waals surface area (Å²) in [5.41, 5.74) is 2.25. The summed E-state index contributed by atoms with van der Waals surface area (Å²) in [5, 5.41) is 11.5. The SMILES string of the molecule is CCS(=O)(=O)c1ccc(Oc2cc3nc(-c4ccccn4)n(COCC[Si](C)(C)C)c3cc2C(O)c2ccccc2F)cc1. The molecular formula is C33H36FN3O5SSi. The first kappa shape index (κ1) is 31.5. The largest absolute Gasteiger partial charge is 0.457 e. The van der Waals surface area contributed by atoms with Gasteiger partial charge < -0.3 is 14.6 Å². The number of aliphatic hydroxyl groups is 1. The fourth-order valence-corrected chi connectivity index (χ4v) is 6.34. The van der Waals surface area contributed by atoms with Crippen molar-refractivity contribution in [2.75, 3.05) is 12.4 Å². The maximum absolute atomic E-state index is 14.9. The summed E-state index contributed by atoms with van der Waals surface area (Å²) in [6.45, 7) is 9.24. The Morgan fingerprint density at radius 1 is 0.977 bits per heavy atom. The first-order chi connectivity index (χ1) is 21.0. The molecule has 8 nitrogen and oxygen atoms in total. The minimum Gasteiger partial charge on any atom is -0.457 e. The van der Waals surface area contributed by atoms with Crippen LogP contribution >= 0.6 is 0 Å². The number of fused-ring (bicyclic) bond motifs is 1. The van der Waals surface area contributed by atoms with Crippen LogP contribution in [0.3, 0.4) is 0 Å². The van der Waals surface area contributed by atoms with Crippen molar-refractivity contribution >= 4 is 28.9 Å². The van der Waals surface area contributed by atoms with Gasteiger partial charge in [-0.15, -0.1) is 0 Å². The Morgan fingerprint density at radius 2 is 1.70 bits per heavy atom. The molecule has 5 aromatic rings. The van der Waals surface area contributed by atoms with E-state index in [-0.39, 0.29) is 28.7 Å². The van der Waals surface area contributed by atoms with Crippen molar-refractivity contribution < 1.29 is 27.4 Å². The molecule has 1 unspecified atom stereocenters. The third-order valence-electron chi connectivity index (χ3n) is 7.28. The predicted molar refractivity (Wildman–Crippen MR) is 172 cm³/mol. The molecule has 0 saturated heterocycles. The number of hydrogen-bond acceptors (Lipinski definition) is 7. The average molecular weight is 634 g/mol. The van der Waals surface area contributed by atoms with E-state index in [1.807, 2.05) is 22.8 Å². The van der Waals surface area contributed by atoms with Crippen LogP contribution in [0.25, 0.3) is 22.6 Å². The lowest BCUT2D eigenvalue weighted by atomic mass is 9.99. The normalized spacial score (nSPS) is 12.9. The molecule has 5 rings (SSSR count). The molecule has 11 heteroatoms. The highest BCUT2D eigenvalue weighted by molar-refractivity contribution is 7.91. The maximum Gasteiger partial charge on any atom is 0.178 e. The number of nitrogens with zero attached hydrogens (tertiary/aromatic N) is 3. The molecule has 0 spiro atoms. The lowest BCUT2D eigenvalue weighted by Crippen LogP contribution is -2.22. The highest BCUT2D eigenvalue weighted by Gasteiger charge is 2.24. The fraction of sp³-hybridized carbons (Fsp3) is 0.273. The number of sulfone groups is 1. The van der Waals surface area contributed by atoms with Crippen LogP contribution in [-0.2, 0) is 21.3 Å². The van der Waals surface area contributed by atoms with E-state index in [1.54, 1.807) is 49.5 Å². The molecule has 0 aliphatic heterocycles. The fourth-order valence-electron chi connectivity index (χ4n) is 4.70. The Morgan fingerprint density at radius 3 is 2.36 bits per heavy atom. The molecule has 3 aromatic carbocycles. The van der Waals surface area contributed by atoms with Crippen molar-refractivity contribution in [3.63, 3.8) is 0 Å². The number of imidazole rings is 1. The molecule has 0 aliphatic carbocycles. The first-order valence-corrected chi connectivity index (χ1v) is 19.8. The van der Waals surface area contributed by atoms with Gasteiger partial charge in [0.15, 0.2) is 15.7 Å². The summed E-state index contributed by atoms with van der Waals surface area (Å²) in [6.07, 6.45) is 0.319. The van der Waals surface area contributed by atoms with Crippen molar-refractivity contribution in [1.82, 2.24) is 14.5 Å². The quantitative estimate of drug-likeness (QED) is 0.114. The number of hydrogen-bond donors (Lipinski definition) is 1. The van der Waals surface area contributed by atoms with Crippen LogP contribution in [-0.4, -0.2) is 48.5 Å². The zero-order valence-corrected chi connectivity index (χ0v) is 27.0. The molecule has 44 heavy (non-hydrogen) atoms. The third kappa shape index (κ3) is 7.07. The zero-order valence-electron chi connectivity index (χ0n) is 25.2. The Kier molecular flexibility index (Phi) is 9.30. The Balaban J connectivity index is 1.63. The molecule has 0 fully saturated rings. The molecule has 1 N–H and O–H groups in total. The van der Waals surface area contributed by atoms with Gasteiger partial charge in [0, 0.05) is 38.1 Å². The number of halogens is 1. The molecule has 0 bridgehead atoms. The Bertz CT molecular complexity index is 1860. The second-order valence-corrected chi connectivity index (χ2v) is 19.6. The van der Waals surface area contributed by atoms with Crippen molar-refractivity contribution in [3.05, 3.63) is 102 Å². The third-order valence-corrected chi connectivity index (χ3v) is 10.7. The van der Waals surface area contributed by atoms with Crippen LogP contribution in [0, 0.1) is 5.82 Å². The first-order valence-electron chi connectivity index (χ1n) is 14.4. The van der Waals surface area contributed by atoms with E-state index >= 15 is 0 Å². The van der Waals surface area contributed by atoms with Crippen molar-refractivity contribution in [3.8, 4) is 23.0 Å². The van der Waals surface area contributed by atoms with E-state index in [4.69, 9.17) is 14.5 Å². The Labute approximate surface area is 258 Å². The van der Waals surface area contributed by atoms with Crippen LogP contribution in [0.2, 0.25) is 25.7 Å². The molecule has 0 radical (unpaired) electrons. The summed E-state index contributed by atoms with van der Waals surface area (Å²) in [7, 11) is -4.71. The Hall–Kier alpha value is -3.90. The van der Waals surface area contributed by atoms with Gasteiger partial charge in [0.25, 0.3) is 0 Å². The summed E-state index contributed by atoms with van der Waals surface area (Å²) >= 11 is 0. The number of aromatic nitrogens is 3. The second kappa shape index (κ2) is 13.0. The average Bonchev–Trinajstić information content (AvgIpc) is 3.36. The van der Waals surface area contributed by atoms with E-state index in [0.29, 0.717) is 40.5 Å². The lowest BCUT2D eigenvalue weighted by molar-refractivity contribution is 0.0908. The lowest BCUT2D eigenvalue weighted by Gasteiger charge is -2.19. The summed E-state index contributed by atoms with van der Waals surface area (Å²) in [4.78, 5) is 9.56. The minimum absolute atomic E-state index is 0.0219. The topological polar surface area (TPSA) is 104 Å². The smallest absolute Gasteiger partial charge is 0.178 e. The summed E-state index contributed by atoms with van der Waals surface area (Å²) in [6, 6.07) is 22.1. The monoisotopic (exact) mass is 633 g/mol. The van der Waals surface area contributed by atoms with Crippen molar-refractivity contribution in [1.29, 1.82) is 0 Å². The van der Waals surface area contributed by atoms with Gasteiger partial charge >= 0.3 is 0 Å². The number of pyridine rings is 1. The van der Waals surface area contributed by atoms with Gasteiger partial charge in [-0.3, -0.25) is 9.55 Å². The van der Waals surface area contributed by atoms with Crippen LogP contribution in [0.1, 0.15) is 24.2 Å². The van der Waals surface area contributed by atoms with Crippen LogP contribution in [0.5, 0.6) is 11.5 Å². The number of benzene rings is 3. The van der Waals surface area contributed by atoms with Gasteiger partial charge in [-0.2, -0.15) is 0 Å². The van der Waals surface area contributed by atoms with Gasteiger partial charge in [0.2, 0.25) is 0 Å². The highest BCUT2D eigenvalue weighted by atomic mass is 32.2. The van der Waals surface area contributed by atoms with Gasteiger partial charge in [-0.1, -0.05) is 50.8 Å². The molecular weight excluding hydrogens is 598 g/mol. The molecule has 2 aromatic heterocycles. The number of ether oxygens (including phenoxy) is 2. The molecule has 0 aliphatic rings. The van der Waals surface area contributed by atoms with E-state index in [9.17, 15) is 17.9 Å². The van der Waals surface area contributed by atoms with Gasteiger partial charge in [-0.05, 0) is 54.6 Å². The highest BCUT2D eigenvalue weighted by Crippen LogP contribution is 2.38. The standard InChI is InChI=1S/C33H36FN3O5SSi/c1-5-43(39,40)24-15-13-23(14-16-24)42-31-21-29-30(20-26(31)32(38)25-10-6-7-11-27(25)34)37(22-41-18-19-44(2,3)4)33(36-29)28-12-8-9-17-35-28/h6-17,20-21,32,38H,5,18-19,22H2,1-4H3. The molecule has 2 heterocycles. The summed E-state index contributed by atoms with van der Waals surface area (Å²) < 4.78 is 53.8. The minimum atomic E-state index is -3.39. The summed E-state index contributed by atoms with van der Waals surface area (Å²) in [5.74, 6) is 0.590. The van der Waals surface area contributed by atoms with Crippen LogP contribution in [0.15, 0.2) is 90.0 Å². The van der Waals surface area contributed by atoms with E-state index < -0.39 is 29.8 Å². The van der Waals surface area contributed by atoms with Crippen LogP contribution < -0.4 is 4.74 Å². The van der Waals surface area contributed by atoms with E-state index in [2.05, 4.69) is 24.6 Å². The van der Waals surface area contributed by atoms with E-state index in [0.717, 1.165) is 6.04 Å². The number of aliphatic hydroxyl groups excluding tert-OH is 1. The van der Waals surface area contributed by atoms with Gasteiger partial charge in [0.05, 0.1) is 21.7 Å². The molecule has 0 saturated carbocycles.